The topological polar surface area (TPSA) is 38.1 Å². The highest BCUT2D eigenvalue weighted by molar-refractivity contribution is 6.29. The van der Waals surface area contributed by atoms with E-state index in [2.05, 4.69) is 17.2 Å². The number of nitrogens with zero attached hydrogens (tertiary/aromatic N) is 1. The zero-order chi connectivity index (χ0) is 12.3. The second kappa shape index (κ2) is 5.23. The van der Waals surface area contributed by atoms with Crippen molar-refractivity contribution in [3.05, 3.63) is 47.1 Å². The summed E-state index contributed by atoms with van der Waals surface area (Å²) in [5.74, 6) is 0.976. The fourth-order valence-corrected chi connectivity index (χ4v) is 1.92. The fraction of sp³-hybridized carbons (Fsp3) is 0.308. The number of hydrogen-bond acceptors (Lipinski definition) is 3. The number of nitrogens with one attached hydrogen (secondary N) is 1. The number of rotatable bonds is 4. The molecule has 0 amide bonds. The van der Waals surface area contributed by atoms with E-state index >= 15 is 0 Å². The van der Waals surface area contributed by atoms with Gasteiger partial charge < -0.3 is 9.73 Å². The van der Waals surface area contributed by atoms with Crippen molar-refractivity contribution in [1.82, 2.24) is 4.98 Å². The van der Waals surface area contributed by atoms with Crippen molar-refractivity contribution in [1.29, 1.82) is 0 Å². The molecule has 0 bridgehead atoms. The minimum atomic E-state index is 0.280. The molecule has 17 heavy (non-hydrogen) atoms. The third-order valence-electron chi connectivity index (χ3n) is 2.54. The first kappa shape index (κ1) is 12.0. The number of pyridine rings is 1. The van der Waals surface area contributed by atoms with Crippen LogP contribution in [0.1, 0.15) is 18.4 Å². The molecule has 2 aromatic heterocycles. The van der Waals surface area contributed by atoms with Gasteiger partial charge in [0.15, 0.2) is 0 Å². The van der Waals surface area contributed by atoms with Crippen molar-refractivity contribution in [2.24, 2.45) is 0 Å². The van der Waals surface area contributed by atoms with Crippen LogP contribution in [0.15, 0.2) is 34.9 Å². The van der Waals surface area contributed by atoms with Crippen molar-refractivity contribution in [2.75, 3.05) is 5.32 Å². The molecule has 0 saturated carbocycles. The van der Waals surface area contributed by atoms with Gasteiger partial charge in [-0.15, -0.1) is 0 Å². The van der Waals surface area contributed by atoms with Crippen LogP contribution < -0.4 is 5.32 Å². The van der Waals surface area contributed by atoms with Crippen molar-refractivity contribution in [2.45, 2.75) is 26.3 Å². The standard InChI is InChI=1S/C13H15ClN2O/c1-9(8-11-4-3-7-17-11)15-12-5-6-13(14)16-10(12)2/h3-7,9,15H,8H2,1-2H3. The lowest BCUT2D eigenvalue weighted by atomic mass is 10.2. The lowest BCUT2D eigenvalue weighted by Gasteiger charge is -2.15. The number of furan rings is 1. The molecule has 0 fully saturated rings. The van der Waals surface area contributed by atoms with Gasteiger partial charge in [-0.25, -0.2) is 4.98 Å². The molecule has 2 rings (SSSR count). The minimum Gasteiger partial charge on any atom is -0.469 e. The molecule has 0 aliphatic rings. The van der Waals surface area contributed by atoms with Crippen LogP contribution in [0.2, 0.25) is 5.15 Å². The van der Waals surface area contributed by atoms with Crippen LogP contribution in [0.3, 0.4) is 0 Å². The summed E-state index contributed by atoms with van der Waals surface area (Å²) in [4.78, 5) is 4.20. The Hall–Kier alpha value is -1.48. The molecule has 0 radical (unpaired) electrons. The molecule has 4 heteroatoms. The van der Waals surface area contributed by atoms with E-state index in [1.54, 1.807) is 12.3 Å². The Morgan fingerprint density at radius 2 is 2.24 bits per heavy atom. The Bertz CT molecular complexity index is 482. The Morgan fingerprint density at radius 3 is 2.88 bits per heavy atom. The average molecular weight is 251 g/mol. The normalized spacial score (nSPS) is 12.4. The molecule has 0 aromatic carbocycles. The first-order valence-electron chi connectivity index (χ1n) is 5.57. The van der Waals surface area contributed by atoms with Crippen LogP contribution in [0, 0.1) is 6.92 Å². The van der Waals surface area contributed by atoms with Crippen molar-refractivity contribution >= 4 is 17.3 Å². The van der Waals surface area contributed by atoms with Crippen molar-refractivity contribution < 1.29 is 4.42 Å². The fourth-order valence-electron chi connectivity index (χ4n) is 1.73. The number of halogens is 1. The lowest BCUT2D eigenvalue weighted by Crippen LogP contribution is -2.18. The predicted molar refractivity (Wildman–Crippen MR) is 69.5 cm³/mol. The molecule has 0 aliphatic carbocycles. The van der Waals surface area contributed by atoms with Crippen LogP contribution >= 0.6 is 11.6 Å². The van der Waals surface area contributed by atoms with Crippen LogP contribution in [-0.4, -0.2) is 11.0 Å². The van der Waals surface area contributed by atoms with E-state index in [0.717, 1.165) is 23.6 Å². The number of anilines is 1. The van der Waals surface area contributed by atoms with Crippen LogP contribution in [0.4, 0.5) is 5.69 Å². The molecular weight excluding hydrogens is 236 g/mol. The molecule has 0 spiro atoms. The maximum Gasteiger partial charge on any atom is 0.129 e. The van der Waals surface area contributed by atoms with Gasteiger partial charge in [-0.2, -0.15) is 0 Å². The molecule has 2 aromatic rings. The largest absolute Gasteiger partial charge is 0.469 e. The van der Waals surface area contributed by atoms with E-state index < -0.39 is 0 Å². The quantitative estimate of drug-likeness (QED) is 0.842. The van der Waals surface area contributed by atoms with Gasteiger partial charge in [-0.1, -0.05) is 11.6 Å². The van der Waals surface area contributed by atoms with Gasteiger partial charge in [0, 0.05) is 12.5 Å². The molecule has 1 atom stereocenters. The maximum absolute atomic E-state index is 5.81. The Balaban J connectivity index is 2.00. The lowest BCUT2D eigenvalue weighted by molar-refractivity contribution is 0.497. The number of hydrogen-bond donors (Lipinski definition) is 1. The summed E-state index contributed by atoms with van der Waals surface area (Å²) in [6, 6.07) is 7.89. The van der Waals surface area contributed by atoms with Gasteiger partial charge in [0.05, 0.1) is 17.6 Å². The summed E-state index contributed by atoms with van der Waals surface area (Å²) in [5.41, 5.74) is 1.91. The third kappa shape index (κ3) is 3.24. The van der Waals surface area contributed by atoms with Crippen LogP contribution in [-0.2, 0) is 6.42 Å². The zero-order valence-corrected chi connectivity index (χ0v) is 10.7. The first-order valence-corrected chi connectivity index (χ1v) is 5.95. The summed E-state index contributed by atoms with van der Waals surface area (Å²) in [7, 11) is 0. The molecule has 0 saturated heterocycles. The Morgan fingerprint density at radius 1 is 1.41 bits per heavy atom. The van der Waals surface area contributed by atoms with E-state index in [1.165, 1.54) is 0 Å². The van der Waals surface area contributed by atoms with Gasteiger partial charge in [0.25, 0.3) is 0 Å². The molecular formula is C13H15ClN2O. The second-order valence-corrected chi connectivity index (χ2v) is 4.48. The second-order valence-electron chi connectivity index (χ2n) is 4.10. The molecule has 90 valence electrons. The van der Waals surface area contributed by atoms with E-state index in [9.17, 15) is 0 Å². The minimum absolute atomic E-state index is 0.280. The van der Waals surface area contributed by atoms with Gasteiger partial charge in [-0.3, -0.25) is 0 Å². The van der Waals surface area contributed by atoms with Gasteiger partial charge in [-0.05, 0) is 38.1 Å². The van der Waals surface area contributed by atoms with Gasteiger partial charge in [0.1, 0.15) is 10.9 Å². The average Bonchev–Trinajstić information content (AvgIpc) is 2.75. The summed E-state index contributed by atoms with van der Waals surface area (Å²) in [5, 5.41) is 3.91. The van der Waals surface area contributed by atoms with E-state index in [0.29, 0.717) is 5.15 Å². The first-order chi connectivity index (χ1) is 8.15. The molecule has 0 aliphatic heterocycles. The molecule has 1 unspecified atom stereocenters. The SMILES string of the molecule is Cc1nc(Cl)ccc1NC(C)Cc1ccco1. The van der Waals surface area contributed by atoms with Crippen molar-refractivity contribution in [3.63, 3.8) is 0 Å². The Kier molecular flexibility index (Phi) is 3.69. The third-order valence-corrected chi connectivity index (χ3v) is 2.75. The smallest absolute Gasteiger partial charge is 0.129 e. The predicted octanol–water partition coefficient (Wildman–Crippen LogP) is 3.68. The molecule has 1 N–H and O–H groups in total. The number of aryl methyl sites for hydroxylation is 1. The van der Waals surface area contributed by atoms with Crippen LogP contribution in [0.5, 0.6) is 0 Å². The summed E-state index contributed by atoms with van der Waals surface area (Å²) < 4.78 is 5.31. The molecule has 3 nitrogen and oxygen atoms in total. The van der Waals surface area contributed by atoms with Crippen molar-refractivity contribution in [3.8, 4) is 0 Å². The highest BCUT2D eigenvalue weighted by atomic mass is 35.5. The van der Waals surface area contributed by atoms with Gasteiger partial charge >= 0.3 is 0 Å². The van der Waals surface area contributed by atoms with E-state index in [1.807, 2.05) is 25.1 Å². The summed E-state index contributed by atoms with van der Waals surface area (Å²) in [6.45, 7) is 4.05. The van der Waals surface area contributed by atoms with Crippen LogP contribution in [0.25, 0.3) is 0 Å². The maximum atomic E-state index is 5.81. The zero-order valence-electron chi connectivity index (χ0n) is 9.90. The Labute approximate surface area is 106 Å². The van der Waals surface area contributed by atoms with E-state index in [-0.39, 0.29) is 6.04 Å². The summed E-state index contributed by atoms with van der Waals surface area (Å²) in [6.07, 6.45) is 2.53. The van der Waals surface area contributed by atoms with Gasteiger partial charge in [0.2, 0.25) is 0 Å². The highest BCUT2D eigenvalue weighted by Gasteiger charge is 2.07. The van der Waals surface area contributed by atoms with E-state index in [4.69, 9.17) is 16.0 Å². The molecule has 2 heterocycles. The summed E-state index contributed by atoms with van der Waals surface area (Å²) >= 11 is 5.81. The number of aromatic nitrogens is 1. The highest BCUT2D eigenvalue weighted by Crippen LogP contribution is 2.17. The monoisotopic (exact) mass is 250 g/mol.